The molecule has 0 radical (unpaired) electrons. The fourth-order valence-electron chi connectivity index (χ4n) is 4.18. The van der Waals surface area contributed by atoms with Crippen molar-refractivity contribution in [2.45, 2.75) is 38.4 Å². The van der Waals surface area contributed by atoms with Gasteiger partial charge in [0.2, 0.25) is 10.0 Å². The second kappa shape index (κ2) is 2.19. The molecule has 14 heavy (non-hydrogen) atoms. The lowest BCUT2D eigenvalue weighted by atomic mass is 9.69. The van der Waals surface area contributed by atoms with Crippen molar-refractivity contribution in [2.75, 3.05) is 6.54 Å². The van der Waals surface area contributed by atoms with Crippen LogP contribution in [0.25, 0.3) is 0 Å². The Kier molecular flexibility index (Phi) is 1.43. The summed E-state index contributed by atoms with van der Waals surface area (Å²) in [6.07, 6.45) is 3.21. The smallest absolute Gasteiger partial charge is 0.214 e. The highest BCUT2D eigenvalue weighted by atomic mass is 32.2. The van der Waals surface area contributed by atoms with E-state index < -0.39 is 10.0 Å². The number of sulfonamides is 1. The fourth-order valence-corrected chi connectivity index (χ4v) is 6.42. The topological polar surface area (TPSA) is 46.2 Å². The molecule has 3 rings (SSSR count). The van der Waals surface area contributed by atoms with Crippen LogP contribution in [0.1, 0.15) is 33.1 Å². The van der Waals surface area contributed by atoms with Gasteiger partial charge < -0.3 is 0 Å². The van der Waals surface area contributed by atoms with Gasteiger partial charge in [-0.2, -0.15) is 0 Å². The predicted molar refractivity (Wildman–Crippen MR) is 54.3 cm³/mol. The third kappa shape index (κ3) is 0.735. The van der Waals surface area contributed by atoms with Crippen LogP contribution in [-0.4, -0.2) is 20.2 Å². The van der Waals surface area contributed by atoms with E-state index in [0.29, 0.717) is 12.5 Å². The van der Waals surface area contributed by atoms with Crippen LogP contribution in [0.3, 0.4) is 0 Å². The molecular weight excluding hydrogens is 198 g/mol. The highest BCUT2D eigenvalue weighted by Gasteiger charge is 2.70. The second-order valence-corrected chi connectivity index (χ2v) is 7.65. The molecule has 3 unspecified atom stereocenters. The van der Waals surface area contributed by atoms with E-state index in [4.69, 9.17) is 0 Å². The molecule has 0 aromatic carbocycles. The zero-order valence-corrected chi connectivity index (χ0v) is 9.52. The summed E-state index contributed by atoms with van der Waals surface area (Å²) in [5.74, 6) is 0.629. The molecule has 4 heteroatoms. The molecule has 3 aliphatic rings. The van der Waals surface area contributed by atoms with Gasteiger partial charge in [-0.1, -0.05) is 13.8 Å². The van der Waals surface area contributed by atoms with Crippen molar-refractivity contribution in [1.82, 2.24) is 4.72 Å². The Morgan fingerprint density at radius 2 is 2.07 bits per heavy atom. The van der Waals surface area contributed by atoms with Crippen molar-refractivity contribution in [3.63, 3.8) is 0 Å². The van der Waals surface area contributed by atoms with E-state index in [2.05, 4.69) is 18.6 Å². The molecule has 1 saturated heterocycles. The van der Waals surface area contributed by atoms with Crippen LogP contribution in [-0.2, 0) is 10.0 Å². The minimum absolute atomic E-state index is 0.0521. The Balaban J connectivity index is 2.17. The van der Waals surface area contributed by atoms with Gasteiger partial charge in [0.15, 0.2) is 0 Å². The van der Waals surface area contributed by atoms with Crippen LogP contribution in [0.4, 0.5) is 0 Å². The molecule has 2 saturated carbocycles. The van der Waals surface area contributed by atoms with E-state index in [9.17, 15) is 8.42 Å². The van der Waals surface area contributed by atoms with Crippen molar-refractivity contribution < 1.29 is 8.42 Å². The molecule has 2 aliphatic carbocycles. The highest BCUT2D eigenvalue weighted by molar-refractivity contribution is 7.90. The molecule has 0 aromatic rings. The van der Waals surface area contributed by atoms with Gasteiger partial charge in [-0.25, -0.2) is 13.1 Å². The van der Waals surface area contributed by atoms with Crippen molar-refractivity contribution in [3.05, 3.63) is 0 Å². The number of rotatable bonds is 0. The van der Waals surface area contributed by atoms with Gasteiger partial charge in [0.25, 0.3) is 0 Å². The van der Waals surface area contributed by atoms with Gasteiger partial charge in [-0.15, -0.1) is 0 Å². The summed E-state index contributed by atoms with van der Waals surface area (Å²) in [4.78, 5) is 0. The standard InChI is InChI=1S/C10H17NO2S/c1-9(2)7-3-4-10(9)6-11-14(12,13)8(10)5-7/h7-8,11H,3-6H2,1-2H3. The van der Waals surface area contributed by atoms with Gasteiger partial charge in [0, 0.05) is 12.0 Å². The van der Waals surface area contributed by atoms with Gasteiger partial charge in [-0.3, -0.25) is 0 Å². The zero-order valence-electron chi connectivity index (χ0n) is 8.71. The Bertz CT molecular complexity index is 387. The van der Waals surface area contributed by atoms with Crippen LogP contribution in [0.5, 0.6) is 0 Å². The molecule has 1 N–H and O–H groups in total. The first-order chi connectivity index (χ1) is 6.40. The van der Waals surface area contributed by atoms with E-state index in [1.165, 1.54) is 6.42 Å². The normalized spacial score (nSPS) is 52.1. The summed E-state index contributed by atoms with van der Waals surface area (Å²) in [7, 11) is -2.99. The SMILES string of the molecule is CC1(C)C2CCC13CNS(=O)(=O)C3C2. The van der Waals surface area contributed by atoms with Crippen LogP contribution in [0.15, 0.2) is 0 Å². The minimum Gasteiger partial charge on any atom is -0.214 e. The third-order valence-electron chi connectivity index (χ3n) is 5.32. The highest BCUT2D eigenvalue weighted by Crippen LogP contribution is 2.68. The van der Waals surface area contributed by atoms with Crippen LogP contribution in [0, 0.1) is 16.7 Å². The first-order valence-corrected chi connectivity index (χ1v) is 6.93. The van der Waals surface area contributed by atoms with E-state index >= 15 is 0 Å². The van der Waals surface area contributed by atoms with Crippen molar-refractivity contribution in [3.8, 4) is 0 Å². The summed E-state index contributed by atoms with van der Waals surface area (Å²) in [5, 5.41) is -0.0938. The molecule has 80 valence electrons. The lowest BCUT2D eigenvalue weighted by molar-refractivity contribution is 0.146. The molecule has 0 aromatic heterocycles. The molecule has 1 heterocycles. The van der Waals surface area contributed by atoms with Gasteiger partial charge in [0.05, 0.1) is 5.25 Å². The maximum absolute atomic E-state index is 11.8. The quantitative estimate of drug-likeness (QED) is 0.658. The Hall–Kier alpha value is -0.0900. The number of fused-ring (bicyclic) bond motifs is 1. The lowest BCUT2D eigenvalue weighted by Gasteiger charge is -2.36. The maximum Gasteiger partial charge on any atom is 0.215 e. The maximum atomic E-state index is 11.8. The first kappa shape index (κ1) is 9.16. The van der Waals surface area contributed by atoms with Crippen LogP contribution in [0.2, 0.25) is 0 Å². The van der Waals surface area contributed by atoms with E-state index in [1.54, 1.807) is 0 Å². The van der Waals surface area contributed by atoms with Gasteiger partial charge in [0.1, 0.15) is 0 Å². The lowest BCUT2D eigenvalue weighted by Crippen LogP contribution is -2.38. The molecule has 1 spiro atoms. The molecule has 2 bridgehead atoms. The summed E-state index contributed by atoms with van der Waals surface area (Å²) >= 11 is 0. The van der Waals surface area contributed by atoms with E-state index in [0.717, 1.165) is 12.8 Å². The third-order valence-corrected chi connectivity index (χ3v) is 7.26. The molecule has 3 fully saturated rings. The molecule has 1 aliphatic heterocycles. The largest absolute Gasteiger partial charge is 0.215 e. The van der Waals surface area contributed by atoms with E-state index in [1.807, 2.05) is 0 Å². The minimum atomic E-state index is -2.99. The van der Waals surface area contributed by atoms with Crippen molar-refractivity contribution in [1.29, 1.82) is 0 Å². The summed E-state index contributed by atoms with van der Waals surface area (Å²) in [6.45, 7) is 5.20. The van der Waals surface area contributed by atoms with Gasteiger partial charge in [-0.05, 0) is 30.6 Å². The van der Waals surface area contributed by atoms with Gasteiger partial charge >= 0.3 is 0 Å². The average molecular weight is 215 g/mol. The summed E-state index contributed by atoms with van der Waals surface area (Å²) < 4.78 is 26.4. The molecule has 3 atom stereocenters. The number of hydrogen-bond acceptors (Lipinski definition) is 2. The molecular formula is C10H17NO2S. The van der Waals surface area contributed by atoms with Crippen molar-refractivity contribution in [2.24, 2.45) is 16.7 Å². The zero-order chi connectivity index (χ0) is 10.2. The van der Waals surface area contributed by atoms with Crippen molar-refractivity contribution >= 4 is 10.0 Å². The van der Waals surface area contributed by atoms with Crippen LogP contribution >= 0.6 is 0 Å². The monoisotopic (exact) mass is 215 g/mol. The van der Waals surface area contributed by atoms with E-state index in [-0.39, 0.29) is 16.1 Å². The summed E-state index contributed by atoms with van der Waals surface area (Å²) in [5.41, 5.74) is 0.269. The molecule has 0 amide bonds. The average Bonchev–Trinajstić information content (AvgIpc) is 2.60. The number of nitrogens with one attached hydrogen (secondary N) is 1. The Morgan fingerprint density at radius 3 is 2.64 bits per heavy atom. The Morgan fingerprint density at radius 1 is 1.36 bits per heavy atom. The summed E-state index contributed by atoms with van der Waals surface area (Å²) in [6, 6.07) is 0. The Labute approximate surface area is 85.3 Å². The predicted octanol–water partition coefficient (Wildman–Crippen LogP) is 1.11. The number of hydrogen-bond donors (Lipinski definition) is 1. The fraction of sp³-hybridized carbons (Fsp3) is 1.00. The van der Waals surface area contributed by atoms with Crippen LogP contribution < -0.4 is 4.72 Å². The second-order valence-electron chi connectivity index (χ2n) is 5.70. The first-order valence-electron chi connectivity index (χ1n) is 5.39. The molecule has 3 nitrogen and oxygen atoms in total.